The average molecular weight is 686 g/mol. The fourth-order valence-corrected chi connectivity index (χ4v) is 6.13. The lowest BCUT2D eigenvalue weighted by Gasteiger charge is -2.18. The van der Waals surface area contributed by atoms with Crippen molar-refractivity contribution in [3.05, 3.63) is 88.2 Å². The van der Waals surface area contributed by atoms with Crippen LogP contribution in [0.2, 0.25) is 0 Å². The van der Waals surface area contributed by atoms with Gasteiger partial charge in [0.05, 0.1) is 22.4 Å². The van der Waals surface area contributed by atoms with E-state index in [1.165, 1.54) is 0 Å². The summed E-state index contributed by atoms with van der Waals surface area (Å²) in [6, 6.07) is 12.3. The minimum Gasteiger partial charge on any atom is -0.322 e. The first kappa shape index (κ1) is 23.4. The highest BCUT2D eigenvalue weighted by atomic mass is 79.9. The van der Waals surface area contributed by atoms with Crippen LogP contribution in [0.4, 0.5) is 11.4 Å². The third-order valence-corrected chi connectivity index (χ3v) is 9.74. The van der Waals surface area contributed by atoms with Gasteiger partial charge in [-0.1, -0.05) is 18.2 Å². The molecule has 0 saturated carbocycles. The lowest BCUT2D eigenvalue weighted by molar-refractivity contribution is 0.0925. The van der Waals surface area contributed by atoms with Crippen LogP contribution in [0.5, 0.6) is 0 Å². The van der Waals surface area contributed by atoms with Gasteiger partial charge in [0.15, 0.2) is 0 Å². The Kier molecular flexibility index (Phi) is 6.46. The Labute approximate surface area is 218 Å². The van der Waals surface area contributed by atoms with E-state index in [4.69, 9.17) is 0 Å². The summed E-state index contributed by atoms with van der Waals surface area (Å²) in [5.74, 6) is -1.45. The molecule has 0 aliphatic carbocycles. The molecule has 5 nitrogen and oxygen atoms in total. The van der Waals surface area contributed by atoms with Gasteiger partial charge in [0.2, 0.25) is 0 Å². The van der Waals surface area contributed by atoms with Gasteiger partial charge < -0.3 is 5.32 Å². The van der Waals surface area contributed by atoms with Crippen molar-refractivity contribution < 1.29 is 14.4 Å². The molecule has 1 heterocycles. The molecular weight excluding hydrogens is 672 g/mol. The first-order valence-corrected chi connectivity index (χ1v) is 12.5. The van der Waals surface area contributed by atoms with Gasteiger partial charge in [-0.3, -0.25) is 14.4 Å². The Hall–Kier alpha value is -1.81. The highest BCUT2D eigenvalue weighted by Gasteiger charge is 2.43. The molecule has 3 aromatic carbocycles. The molecule has 0 radical (unpaired) electrons. The lowest BCUT2D eigenvalue weighted by atomic mass is 10.1. The molecule has 32 heavy (non-hydrogen) atoms. The number of fused-ring (bicyclic) bond motifs is 1. The Balaban J connectivity index is 1.78. The molecule has 0 fully saturated rings. The van der Waals surface area contributed by atoms with Crippen molar-refractivity contribution in [2.45, 2.75) is 13.8 Å². The van der Waals surface area contributed by atoms with E-state index in [1.807, 2.05) is 32.0 Å². The van der Waals surface area contributed by atoms with E-state index in [2.05, 4.69) is 69.0 Å². The predicted molar refractivity (Wildman–Crippen MR) is 139 cm³/mol. The van der Waals surface area contributed by atoms with Gasteiger partial charge in [0.1, 0.15) is 0 Å². The quantitative estimate of drug-likeness (QED) is 0.178. The fourth-order valence-electron chi connectivity index (χ4n) is 3.67. The molecule has 0 atom stereocenters. The number of amides is 3. The Morgan fingerprint density at radius 1 is 0.781 bits per heavy atom. The van der Waals surface area contributed by atoms with Crippen molar-refractivity contribution in [3.8, 4) is 0 Å². The van der Waals surface area contributed by atoms with E-state index in [-0.39, 0.29) is 22.4 Å². The summed E-state index contributed by atoms with van der Waals surface area (Å²) < 4.78 is 2.13. The molecule has 9 heteroatoms. The molecule has 0 spiro atoms. The molecule has 3 amide bonds. The molecular formula is C23H14Br4N2O3. The minimum atomic E-state index is -0.516. The van der Waals surface area contributed by atoms with Gasteiger partial charge in [-0.15, -0.1) is 0 Å². The maximum atomic E-state index is 13.4. The maximum Gasteiger partial charge on any atom is 0.267 e. The van der Waals surface area contributed by atoms with Crippen LogP contribution in [0.1, 0.15) is 42.2 Å². The molecule has 0 bridgehead atoms. The molecule has 4 rings (SSSR count). The van der Waals surface area contributed by atoms with Gasteiger partial charge >= 0.3 is 0 Å². The third-order valence-electron chi connectivity index (χ3n) is 4.97. The number of imide groups is 1. The zero-order chi connectivity index (χ0) is 23.3. The monoisotopic (exact) mass is 682 g/mol. The summed E-state index contributed by atoms with van der Waals surface area (Å²) in [6.07, 6.45) is 0. The van der Waals surface area contributed by atoms with E-state index in [0.717, 1.165) is 16.0 Å². The number of anilines is 2. The van der Waals surface area contributed by atoms with Crippen molar-refractivity contribution in [2.24, 2.45) is 0 Å². The number of aryl methyl sites for hydroxylation is 2. The summed E-state index contributed by atoms with van der Waals surface area (Å²) in [7, 11) is 0. The number of hydrogen-bond donors (Lipinski definition) is 1. The van der Waals surface area contributed by atoms with Gasteiger partial charge in [-0.05, 0) is 113 Å². The highest BCUT2D eigenvalue weighted by molar-refractivity contribution is 9.15. The third kappa shape index (κ3) is 3.89. The molecule has 1 aliphatic heterocycles. The summed E-state index contributed by atoms with van der Waals surface area (Å²) in [4.78, 5) is 40.9. The smallest absolute Gasteiger partial charge is 0.267 e. The topological polar surface area (TPSA) is 66.5 Å². The van der Waals surface area contributed by atoms with E-state index in [9.17, 15) is 14.4 Å². The number of benzene rings is 3. The normalized spacial score (nSPS) is 12.9. The van der Waals surface area contributed by atoms with Crippen LogP contribution >= 0.6 is 63.7 Å². The van der Waals surface area contributed by atoms with Crippen LogP contribution in [0.25, 0.3) is 0 Å². The van der Waals surface area contributed by atoms with Gasteiger partial charge in [0.25, 0.3) is 17.7 Å². The molecule has 3 aromatic rings. The Bertz CT molecular complexity index is 1270. The standard InChI is InChI=1S/C23H14Br4N2O3/c1-10-7-11(2)9-12(8-10)28-21(30)13-5-3-4-6-14(13)29-22(31)15-16(23(29)32)18(25)20(27)19(26)17(15)24/h3-9H,1-2H3,(H,28,30). The number of carbonyl (C=O) groups is 3. The zero-order valence-corrected chi connectivity index (χ0v) is 23.1. The summed E-state index contributed by atoms with van der Waals surface area (Å²) in [5.41, 5.74) is 3.55. The molecule has 162 valence electrons. The maximum absolute atomic E-state index is 13.4. The van der Waals surface area contributed by atoms with Crippen molar-refractivity contribution in [3.63, 3.8) is 0 Å². The largest absolute Gasteiger partial charge is 0.322 e. The molecule has 1 N–H and O–H groups in total. The number of carbonyl (C=O) groups excluding carboxylic acids is 3. The van der Waals surface area contributed by atoms with Crippen molar-refractivity contribution in [1.29, 1.82) is 0 Å². The number of para-hydroxylation sites is 1. The van der Waals surface area contributed by atoms with Crippen LogP contribution in [-0.4, -0.2) is 17.7 Å². The summed E-state index contributed by atoms with van der Waals surface area (Å²) in [5, 5.41) is 2.87. The number of nitrogens with zero attached hydrogens (tertiary/aromatic N) is 1. The Morgan fingerprint density at radius 2 is 1.28 bits per heavy atom. The molecule has 0 aromatic heterocycles. The number of nitrogens with one attached hydrogen (secondary N) is 1. The second kappa shape index (κ2) is 8.85. The molecule has 1 aliphatic rings. The lowest BCUT2D eigenvalue weighted by Crippen LogP contribution is -2.31. The highest BCUT2D eigenvalue weighted by Crippen LogP contribution is 2.46. The minimum absolute atomic E-state index is 0.214. The van der Waals surface area contributed by atoms with Crippen molar-refractivity contribution in [1.82, 2.24) is 0 Å². The Morgan fingerprint density at radius 3 is 1.81 bits per heavy atom. The van der Waals surface area contributed by atoms with E-state index < -0.39 is 17.7 Å². The van der Waals surface area contributed by atoms with E-state index in [0.29, 0.717) is 23.6 Å². The van der Waals surface area contributed by atoms with Crippen LogP contribution in [0.3, 0.4) is 0 Å². The SMILES string of the molecule is Cc1cc(C)cc(NC(=O)c2ccccc2N2C(=O)c3c(Br)c(Br)c(Br)c(Br)c3C2=O)c1. The van der Waals surface area contributed by atoms with Crippen molar-refractivity contribution in [2.75, 3.05) is 10.2 Å². The first-order chi connectivity index (χ1) is 15.1. The molecule has 0 unspecified atom stereocenters. The van der Waals surface area contributed by atoms with Gasteiger partial charge in [-0.25, -0.2) is 4.90 Å². The zero-order valence-electron chi connectivity index (χ0n) is 16.7. The average Bonchev–Trinajstić information content (AvgIpc) is 3.00. The summed E-state index contributed by atoms with van der Waals surface area (Å²) >= 11 is 13.7. The first-order valence-electron chi connectivity index (χ1n) is 9.35. The second-order valence-electron chi connectivity index (χ2n) is 7.30. The predicted octanol–water partition coefficient (Wildman–Crippen LogP) is 7.41. The second-order valence-corrected chi connectivity index (χ2v) is 10.5. The van der Waals surface area contributed by atoms with E-state index >= 15 is 0 Å². The summed E-state index contributed by atoms with van der Waals surface area (Å²) in [6.45, 7) is 3.89. The van der Waals surface area contributed by atoms with Crippen molar-refractivity contribution >= 4 is 92.8 Å². The van der Waals surface area contributed by atoms with Gasteiger partial charge in [0, 0.05) is 23.6 Å². The van der Waals surface area contributed by atoms with E-state index in [1.54, 1.807) is 24.3 Å². The van der Waals surface area contributed by atoms with Crippen LogP contribution in [0.15, 0.2) is 60.4 Å². The number of halogens is 4. The number of rotatable bonds is 3. The molecule has 0 saturated heterocycles. The van der Waals surface area contributed by atoms with Crippen LogP contribution < -0.4 is 10.2 Å². The van der Waals surface area contributed by atoms with Crippen LogP contribution in [-0.2, 0) is 0 Å². The van der Waals surface area contributed by atoms with Gasteiger partial charge in [-0.2, -0.15) is 0 Å². The van der Waals surface area contributed by atoms with Crippen LogP contribution in [0, 0.1) is 13.8 Å². The number of hydrogen-bond acceptors (Lipinski definition) is 3. The fraction of sp³-hybridized carbons (Fsp3) is 0.0870.